The van der Waals surface area contributed by atoms with E-state index in [-0.39, 0.29) is 31.5 Å². The Hall–Kier alpha value is -3.33. The second kappa shape index (κ2) is 61.7. The molecule has 0 aromatic rings. The van der Waals surface area contributed by atoms with Gasteiger partial charge >= 0.3 is 13.8 Å². The van der Waals surface area contributed by atoms with Crippen LogP contribution in [0.1, 0.15) is 290 Å². The van der Waals surface area contributed by atoms with E-state index in [1.54, 1.807) is 0 Å². The van der Waals surface area contributed by atoms with Crippen molar-refractivity contribution >= 4 is 19.7 Å². The number of hydrogen-bond acceptors (Lipinski definition) is 6. The van der Waals surface area contributed by atoms with Gasteiger partial charge in [-0.25, -0.2) is 4.57 Å². The highest BCUT2D eigenvalue weighted by molar-refractivity contribution is 7.47. The van der Waals surface area contributed by atoms with Crippen molar-refractivity contribution in [3.05, 3.63) is 109 Å². The number of hydrogen-bond donors (Lipinski definition) is 2. The van der Waals surface area contributed by atoms with Gasteiger partial charge in [0.05, 0.1) is 33.8 Å². The van der Waals surface area contributed by atoms with Crippen molar-refractivity contribution in [2.45, 2.75) is 303 Å². The highest BCUT2D eigenvalue weighted by Gasteiger charge is 2.30. The van der Waals surface area contributed by atoms with E-state index in [2.05, 4.69) is 123 Å². The van der Waals surface area contributed by atoms with Crippen LogP contribution in [-0.2, 0) is 27.9 Å². The average molecular weight is 1180 g/mol. The number of phosphoric ester groups is 1. The first-order valence-corrected chi connectivity index (χ1v) is 35.7. The highest BCUT2D eigenvalue weighted by Crippen LogP contribution is 2.43. The molecule has 478 valence electrons. The maximum Gasteiger partial charge on any atom is 0.472 e. The molecule has 0 aliphatic heterocycles. The van der Waals surface area contributed by atoms with E-state index < -0.39 is 20.0 Å². The third-order valence-corrected chi connectivity index (χ3v) is 15.7. The number of quaternary nitrogens is 1. The fourth-order valence-corrected chi connectivity index (χ4v) is 10.1. The van der Waals surface area contributed by atoms with E-state index in [4.69, 9.17) is 13.8 Å². The SMILES string of the molecule is CCCCC/C=C\C/C=C\C/C=C\C/C=C\CCCCCCCCCCCC(=O)NC(COP(=O)(O)OCC[N+](C)(C)C)C(/C=C\CCCCCCCCCCC)OC(=O)CCCCCCC/C=C\C/C=C\C/C=C\C/C=C\CCCCC. The van der Waals surface area contributed by atoms with Gasteiger partial charge in [-0.3, -0.25) is 18.6 Å². The zero-order chi connectivity index (χ0) is 60.7. The number of esters is 1. The second-order valence-electron chi connectivity index (χ2n) is 24.0. The van der Waals surface area contributed by atoms with Gasteiger partial charge in [-0.15, -0.1) is 0 Å². The molecule has 0 aromatic carbocycles. The Morgan fingerprint density at radius 1 is 0.422 bits per heavy atom. The van der Waals surface area contributed by atoms with Gasteiger partial charge in [0.1, 0.15) is 19.3 Å². The molecule has 0 saturated carbocycles. The maximum absolute atomic E-state index is 13.6. The Bertz CT molecular complexity index is 1790. The monoisotopic (exact) mass is 1180 g/mol. The minimum absolute atomic E-state index is 0.0304. The quantitative estimate of drug-likeness (QED) is 0.0205. The summed E-state index contributed by atoms with van der Waals surface area (Å²) in [6.07, 6.45) is 85.2. The molecule has 0 spiro atoms. The number of rotatable bonds is 61. The van der Waals surface area contributed by atoms with Crippen molar-refractivity contribution in [3.63, 3.8) is 0 Å². The third-order valence-electron chi connectivity index (χ3n) is 14.7. The van der Waals surface area contributed by atoms with E-state index in [1.807, 2.05) is 33.3 Å². The molecule has 2 N–H and O–H groups in total. The Morgan fingerprint density at radius 2 is 0.735 bits per heavy atom. The predicted molar refractivity (Wildman–Crippen MR) is 360 cm³/mol. The molecule has 0 aliphatic rings. The van der Waals surface area contributed by atoms with E-state index in [0.717, 1.165) is 122 Å². The fraction of sp³-hybridized carbons (Fsp3) is 0.726. The lowest BCUT2D eigenvalue weighted by molar-refractivity contribution is -0.870. The fourth-order valence-electron chi connectivity index (χ4n) is 9.38. The lowest BCUT2D eigenvalue weighted by atomic mass is 10.0. The number of unbranched alkanes of at least 4 members (excludes halogenated alkanes) is 29. The number of nitrogens with one attached hydrogen (secondary N) is 1. The van der Waals surface area contributed by atoms with Crippen LogP contribution in [0.5, 0.6) is 0 Å². The Kier molecular flexibility index (Phi) is 59.3. The smallest absolute Gasteiger partial charge is 0.456 e. The van der Waals surface area contributed by atoms with Gasteiger partial charge in [-0.05, 0) is 122 Å². The molecule has 0 heterocycles. The molecule has 3 unspecified atom stereocenters. The van der Waals surface area contributed by atoms with Crippen LogP contribution < -0.4 is 5.32 Å². The van der Waals surface area contributed by atoms with Crippen LogP contribution in [0.4, 0.5) is 0 Å². The number of phosphoric acid groups is 1. The van der Waals surface area contributed by atoms with Crippen LogP contribution in [-0.4, -0.2) is 74.3 Å². The number of amides is 1. The number of carbonyl (C=O) groups is 2. The van der Waals surface area contributed by atoms with Crippen molar-refractivity contribution in [1.29, 1.82) is 0 Å². The zero-order valence-corrected chi connectivity index (χ0v) is 55.6. The van der Waals surface area contributed by atoms with Crippen molar-refractivity contribution < 1.29 is 37.3 Å². The average Bonchev–Trinajstić information content (AvgIpc) is 3.51. The van der Waals surface area contributed by atoms with Crippen LogP contribution in [0.25, 0.3) is 0 Å². The normalized spacial score (nSPS) is 14.3. The summed E-state index contributed by atoms with van der Waals surface area (Å²) in [5, 5.41) is 3.06. The lowest BCUT2D eigenvalue weighted by Gasteiger charge is -2.27. The van der Waals surface area contributed by atoms with Gasteiger partial charge in [-0.1, -0.05) is 265 Å². The number of carbonyl (C=O) groups excluding carboxylic acids is 2. The molecule has 0 bridgehead atoms. The molecule has 0 rings (SSSR count). The number of allylic oxidation sites excluding steroid dienone is 17. The molecular weight excluding hydrogens is 1050 g/mol. The second-order valence-corrected chi connectivity index (χ2v) is 25.4. The lowest BCUT2D eigenvalue weighted by Crippen LogP contribution is -2.47. The van der Waals surface area contributed by atoms with Crippen molar-refractivity contribution in [3.8, 4) is 0 Å². The summed E-state index contributed by atoms with van der Waals surface area (Å²) in [5.41, 5.74) is 0. The van der Waals surface area contributed by atoms with Crippen molar-refractivity contribution in [1.82, 2.24) is 5.32 Å². The van der Waals surface area contributed by atoms with E-state index in [1.165, 1.54) is 128 Å². The van der Waals surface area contributed by atoms with Crippen LogP contribution in [0.2, 0.25) is 0 Å². The largest absolute Gasteiger partial charge is 0.472 e. The van der Waals surface area contributed by atoms with Crippen molar-refractivity contribution in [2.24, 2.45) is 0 Å². The van der Waals surface area contributed by atoms with Crippen LogP contribution in [0, 0.1) is 0 Å². The summed E-state index contributed by atoms with van der Waals surface area (Å²) in [4.78, 5) is 37.8. The van der Waals surface area contributed by atoms with Crippen LogP contribution >= 0.6 is 7.82 Å². The van der Waals surface area contributed by atoms with E-state index in [9.17, 15) is 19.0 Å². The number of likely N-dealkylation sites (N-methyl/N-ethyl adjacent to an activating group) is 1. The van der Waals surface area contributed by atoms with Crippen LogP contribution in [0.15, 0.2) is 109 Å². The van der Waals surface area contributed by atoms with Crippen LogP contribution in [0.3, 0.4) is 0 Å². The molecular formula is C73H130N2O7P+. The van der Waals surface area contributed by atoms with Gasteiger partial charge in [0.2, 0.25) is 5.91 Å². The molecule has 3 atom stereocenters. The summed E-state index contributed by atoms with van der Waals surface area (Å²) in [5.74, 6) is -0.535. The van der Waals surface area contributed by atoms with Gasteiger partial charge < -0.3 is 19.4 Å². The zero-order valence-electron chi connectivity index (χ0n) is 54.7. The first-order valence-electron chi connectivity index (χ1n) is 34.2. The Morgan fingerprint density at radius 3 is 1.12 bits per heavy atom. The standard InChI is InChI=1S/C73H129N2O7P/c1-7-10-13-16-19-22-25-27-29-31-33-35-36-37-38-40-41-43-45-47-50-53-56-59-62-65-72(76)74-70(69-81-83(78,79)80-68-67-75(4,5)6)71(64-61-58-55-52-49-24-21-18-15-12-9-3)82-73(77)66-63-60-57-54-51-48-46-44-42-39-34-32-30-28-26-23-20-17-14-11-8-2/h19-20,22-23,27-30,33-35,37-39,44,46,61,64,70-71H,7-18,21,24-26,31-32,36,40-43,45,47-60,62-63,65-69H2,1-6H3,(H-,74,76,78,79)/p+1/b22-19-,23-20-,29-27-,30-28-,35-33-,38-37-,39-34-,46-44-,64-61-. The summed E-state index contributed by atoms with van der Waals surface area (Å²) in [6, 6.07) is -0.867. The Balaban J connectivity index is 5.15. The summed E-state index contributed by atoms with van der Waals surface area (Å²) in [7, 11) is 1.47. The van der Waals surface area contributed by atoms with Crippen molar-refractivity contribution in [2.75, 3.05) is 40.9 Å². The molecule has 10 heteroatoms. The van der Waals surface area contributed by atoms with Gasteiger partial charge in [0.25, 0.3) is 0 Å². The third kappa shape index (κ3) is 63.0. The molecule has 9 nitrogen and oxygen atoms in total. The van der Waals surface area contributed by atoms with Gasteiger partial charge in [-0.2, -0.15) is 0 Å². The molecule has 1 amide bonds. The van der Waals surface area contributed by atoms with Gasteiger partial charge in [0.15, 0.2) is 0 Å². The molecule has 0 aromatic heterocycles. The molecule has 0 aliphatic carbocycles. The Labute approximate surface area is 512 Å². The molecule has 0 saturated heterocycles. The molecule has 83 heavy (non-hydrogen) atoms. The molecule has 0 fully saturated rings. The van der Waals surface area contributed by atoms with Gasteiger partial charge in [0, 0.05) is 12.8 Å². The first kappa shape index (κ1) is 79.7. The predicted octanol–water partition coefficient (Wildman–Crippen LogP) is 21.7. The minimum Gasteiger partial charge on any atom is -0.456 e. The number of nitrogens with zero attached hydrogens (tertiary/aromatic N) is 1. The van der Waals surface area contributed by atoms with E-state index in [0.29, 0.717) is 23.9 Å². The minimum atomic E-state index is -4.47. The summed E-state index contributed by atoms with van der Waals surface area (Å²) >= 11 is 0. The maximum atomic E-state index is 13.6. The summed E-state index contributed by atoms with van der Waals surface area (Å²) < 4.78 is 30.7. The highest BCUT2D eigenvalue weighted by atomic mass is 31.2. The number of ether oxygens (including phenoxy) is 1. The molecule has 0 radical (unpaired) electrons. The first-order chi connectivity index (χ1) is 40.4. The van der Waals surface area contributed by atoms with E-state index >= 15 is 0 Å². The summed E-state index contributed by atoms with van der Waals surface area (Å²) in [6.45, 7) is 6.94. The topological polar surface area (TPSA) is 111 Å².